The quantitative estimate of drug-likeness (QED) is 0.611. The Labute approximate surface area is 103 Å². The molecule has 7 nitrogen and oxygen atoms in total. The fraction of sp³-hybridized carbons (Fsp3) is 0.455. The number of carbonyl (C=O) groups excluding carboxylic acids is 2. The summed E-state index contributed by atoms with van der Waals surface area (Å²) >= 11 is 0. The summed E-state index contributed by atoms with van der Waals surface area (Å²) in [5.41, 5.74) is 0. The van der Waals surface area contributed by atoms with E-state index < -0.39 is 24.0 Å². The van der Waals surface area contributed by atoms with Crippen molar-refractivity contribution in [3.63, 3.8) is 0 Å². The van der Waals surface area contributed by atoms with Gasteiger partial charge >= 0.3 is 0 Å². The number of nitrogens with one attached hydrogen (secondary N) is 1. The molecule has 0 radical (unpaired) electrons. The molecule has 1 saturated heterocycles. The van der Waals surface area contributed by atoms with Gasteiger partial charge in [-0.05, 0) is 12.1 Å². The van der Waals surface area contributed by atoms with E-state index in [1.165, 1.54) is 12.3 Å². The molecule has 2 atom stereocenters. The number of likely N-dealkylation sites (tertiary alicyclic amines) is 1. The maximum Gasteiger partial charge on any atom is 0.293 e. The van der Waals surface area contributed by atoms with Crippen LogP contribution in [0.15, 0.2) is 22.8 Å². The summed E-state index contributed by atoms with van der Waals surface area (Å²) in [6.07, 6.45) is -0.357. The summed E-state index contributed by atoms with van der Waals surface area (Å²) < 4.78 is 4.84. The summed E-state index contributed by atoms with van der Waals surface area (Å²) in [4.78, 5) is 24.6. The Morgan fingerprint density at radius 3 is 2.61 bits per heavy atom. The third-order valence-corrected chi connectivity index (χ3v) is 2.70. The Hall–Kier alpha value is -1.70. The smallest absolute Gasteiger partial charge is 0.293 e. The van der Waals surface area contributed by atoms with Crippen molar-refractivity contribution in [1.82, 2.24) is 10.2 Å². The van der Waals surface area contributed by atoms with Gasteiger partial charge < -0.3 is 14.6 Å². The number of β-amino-alcohol motifs (C(OH)–C–C–N with tert-alkyl or cyclic N) is 2. The van der Waals surface area contributed by atoms with E-state index in [1.807, 2.05) is 0 Å². The number of aliphatic hydroxyl groups is 2. The van der Waals surface area contributed by atoms with Crippen LogP contribution in [-0.4, -0.2) is 58.8 Å². The summed E-state index contributed by atoms with van der Waals surface area (Å²) in [5, 5.41) is 20.8. The number of imide groups is 1. The van der Waals surface area contributed by atoms with Crippen LogP contribution in [0, 0.1) is 0 Å². The minimum atomic E-state index is -0.849. The van der Waals surface area contributed by atoms with E-state index in [-0.39, 0.29) is 25.4 Å². The molecule has 0 saturated carbocycles. The van der Waals surface area contributed by atoms with Crippen LogP contribution in [0.25, 0.3) is 0 Å². The average Bonchev–Trinajstić information content (AvgIpc) is 2.89. The second-order valence-corrected chi connectivity index (χ2v) is 4.18. The molecule has 1 fully saturated rings. The number of hydrogen-bond acceptors (Lipinski definition) is 6. The molecule has 2 rings (SSSR count). The number of nitrogens with zero attached hydrogens (tertiary/aromatic N) is 1. The summed E-state index contributed by atoms with van der Waals surface area (Å²) in [5.74, 6) is -1.05. The van der Waals surface area contributed by atoms with E-state index in [9.17, 15) is 19.8 Å². The first-order valence-electron chi connectivity index (χ1n) is 5.52. The molecule has 7 heteroatoms. The number of aliphatic hydroxyl groups excluding tert-OH is 2. The van der Waals surface area contributed by atoms with Gasteiger partial charge in [-0.2, -0.15) is 0 Å². The molecule has 2 amide bonds. The van der Waals surface area contributed by atoms with E-state index in [0.717, 1.165) is 0 Å². The van der Waals surface area contributed by atoms with Gasteiger partial charge in [0.05, 0.1) is 25.0 Å². The zero-order chi connectivity index (χ0) is 13.1. The normalized spacial score (nSPS) is 24.1. The van der Waals surface area contributed by atoms with Crippen LogP contribution in [0.2, 0.25) is 0 Å². The zero-order valence-corrected chi connectivity index (χ0v) is 9.57. The van der Waals surface area contributed by atoms with Gasteiger partial charge in [0.1, 0.15) is 0 Å². The lowest BCUT2D eigenvalue weighted by atomic mass is 10.3. The molecule has 0 aliphatic carbocycles. The first-order chi connectivity index (χ1) is 8.56. The van der Waals surface area contributed by atoms with Crippen molar-refractivity contribution in [3.8, 4) is 0 Å². The lowest BCUT2D eigenvalue weighted by molar-refractivity contribution is -0.121. The fourth-order valence-corrected chi connectivity index (χ4v) is 1.81. The Morgan fingerprint density at radius 1 is 1.39 bits per heavy atom. The van der Waals surface area contributed by atoms with Crippen molar-refractivity contribution in [2.75, 3.05) is 19.6 Å². The van der Waals surface area contributed by atoms with Crippen molar-refractivity contribution in [2.24, 2.45) is 0 Å². The second-order valence-electron chi connectivity index (χ2n) is 4.18. The lowest BCUT2D eigenvalue weighted by Gasteiger charge is -2.13. The van der Waals surface area contributed by atoms with Gasteiger partial charge in [-0.3, -0.25) is 19.8 Å². The van der Waals surface area contributed by atoms with E-state index in [1.54, 1.807) is 11.0 Å². The Morgan fingerprint density at radius 2 is 2.06 bits per heavy atom. The monoisotopic (exact) mass is 254 g/mol. The molecule has 1 aromatic heterocycles. The van der Waals surface area contributed by atoms with Gasteiger partial charge in [0.25, 0.3) is 5.91 Å². The summed E-state index contributed by atoms with van der Waals surface area (Å²) in [6, 6.07) is 3.00. The molecule has 2 heterocycles. The molecule has 1 aromatic rings. The minimum Gasteiger partial charge on any atom is -0.459 e. The second kappa shape index (κ2) is 5.30. The Kier molecular flexibility index (Phi) is 3.75. The highest BCUT2D eigenvalue weighted by Gasteiger charge is 2.30. The van der Waals surface area contributed by atoms with Crippen molar-refractivity contribution in [3.05, 3.63) is 24.2 Å². The van der Waals surface area contributed by atoms with Gasteiger partial charge in [0, 0.05) is 13.1 Å². The number of rotatable bonds is 3. The van der Waals surface area contributed by atoms with E-state index in [0.29, 0.717) is 0 Å². The molecule has 98 valence electrons. The highest BCUT2D eigenvalue weighted by molar-refractivity contribution is 6.03. The van der Waals surface area contributed by atoms with Crippen molar-refractivity contribution < 1.29 is 24.2 Å². The topological polar surface area (TPSA) is 103 Å². The molecule has 0 aromatic carbocycles. The zero-order valence-electron chi connectivity index (χ0n) is 9.57. The molecule has 1 aliphatic heterocycles. The molecule has 0 bridgehead atoms. The molecular weight excluding hydrogens is 240 g/mol. The third-order valence-electron chi connectivity index (χ3n) is 2.70. The van der Waals surface area contributed by atoms with Crippen LogP contribution < -0.4 is 5.32 Å². The predicted molar refractivity (Wildman–Crippen MR) is 59.6 cm³/mol. The number of hydrogen-bond donors (Lipinski definition) is 3. The highest BCUT2D eigenvalue weighted by atomic mass is 16.3. The lowest BCUT2D eigenvalue weighted by Crippen LogP contribution is -2.39. The molecule has 2 unspecified atom stereocenters. The van der Waals surface area contributed by atoms with Crippen LogP contribution >= 0.6 is 0 Å². The predicted octanol–water partition coefficient (Wildman–Crippen LogP) is -1.43. The molecular formula is C11H14N2O5. The summed E-state index contributed by atoms with van der Waals surface area (Å²) in [7, 11) is 0. The first kappa shape index (κ1) is 12.7. The number of carbonyl (C=O) groups is 2. The molecule has 1 aliphatic rings. The van der Waals surface area contributed by atoms with Gasteiger partial charge in [-0.15, -0.1) is 0 Å². The SMILES string of the molecule is O=C(CN1CC(O)C(O)C1)NC(=O)c1ccco1. The Balaban J connectivity index is 1.81. The van der Waals surface area contributed by atoms with Crippen molar-refractivity contribution in [1.29, 1.82) is 0 Å². The van der Waals surface area contributed by atoms with E-state index in [2.05, 4.69) is 5.32 Å². The number of furan rings is 1. The highest BCUT2D eigenvalue weighted by Crippen LogP contribution is 2.09. The largest absolute Gasteiger partial charge is 0.459 e. The van der Waals surface area contributed by atoms with Crippen LogP contribution in [0.1, 0.15) is 10.6 Å². The number of amides is 2. The van der Waals surface area contributed by atoms with E-state index >= 15 is 0 Å². The fourth-order valence-electron chi connectivity index (χ4n) is 1.81. The maximum absolute atomic E-state index is 11.5. The van der Waals surface area contributed by atoms with Crippen molar-refractivity contribution in [2.45, 2.75) is 12.2 Å². The van der Waals surface area contributed by atoms with E-state index in [4.69, 9.17) is 4.42 Å². The van der Waals surface area contributed by atoms with Crippen LogP contribution in [0.5, 0.6) is 0 Å². The Bertz CT molecular complexity index is 421. The van der Waals surface area contributed by atoms with Crippen LogP contribution in [0.3, 0.4) is 0 Å². The van der Waals surface area contributed by atoms with Crippen molar-refractivity contribution >= 4 is 11.8 Å². The maximum atomic E-state index is 11.5. The minimum absolute atomic E-state index is 0.0550. The molecule has 3 N–H and O–H groups in total. The van der Waals surface area contributed by atoms with Gasteiger partial charge in [-0.25, -0.2) is 0 Å². The third kappa shape index (κ3) is 2.95. The standard InChI is InChI=1S/C11H14N2O5/c14-7-4-13(5-8(7)15)6-10(16)12-11(17)9-2-1-3-18-9/h1-3,7-8,14-15H,4-6H2,(H,12,16,17). The van der Waals surface area contributed by atoms with Gasteiger partial charge in [-0.1, -0.05) is 0 Å². The van der Waals surface area contributed by atoms with Gasteiger partial charge in [0.15, 0.2) is 5.76 Å². The summed E-state index contributed by atoms with van der Waals surface area (Å²) in [6.45, 7) is 0.369. The van der Waals surface area contributed by atoms with Gasteiger partial charge in [0.2, 0.25) is 5.91 Å². The van der Waals surface area contributed by atoms with Crippen LogP contribution in [-0.2, 0) is 4.79 Å². The van der Waals surface area contributed by atoms with Crippen LogP contribution in [0.4, 0.5) is 0 Å². The average molecular weight is 254 g/mol. The molecule has 18 heavy (non-hydrogen) atoms. The first-order valence-corrected chi connectivity index (χ1v) is 5.52. The molecule has 0 spiro atoms.